The van der Waals surface area contributed by atoms with Gasteiger partial charge in [0.1, 0.15) is 5.60 Å². The van der Waals surface area contributed by atoms with Crippen LogP contribution in [0, 0.1) is 40.4 Å². The maximum atomic E-state index is 13.3. The van der Waals surface area contributed by atoms with Gasteiger partial charge in [-0.25, -0.2) is 0 Å². The van der Waals surface area contributed by atoms with Gasteiger partial charge in [-0.15, -0.1) is 0 Å². The highest BCUT2D eigenvalue weighted by Gasteiger charge is 2.45. The molecule has 0 saturated heterocycles. The molecular formula is C28H27F3N4O2. The van der Waals surface area contributed by atoms with Gasteiger partial charge in [-0.05, 0) is 73.6 Å². The van der Waals surface area contributed by atoms with Crippen LogP contribution in [0.15, 0.2) is 54.1 Å². The van der Waals surface area contributed by atoms with E-state index in [9.17, 15) is 23.1 Å². The SMILES string of the molecule is CC1/C=C(/CC(C)(O)C(=O)Nc2ccc(C#N)c(C(F)(F)F)c2)[C@H]2CC2CN(c2ccc(C#N)cc2)C1. The Hall–Kier alpha value is -3.82. The minimum atomic E-state index is -4.75. The normalized spacial score (nSPS) is 24.2. The molecule has 6 nitrogen and oxygen atoms in total. The fraction of sp³-hybridized carbons (Fsp3) is 0.393. The molecule has 192 valence electrons. The molecule has 2 aromatic rings. The number of aliphatic hydroxyl groups is 1. The molecule has 1 saturated carbocycles. The third kappa shape index (κ3) is 5.95. The van der Waals surface area contributed by atoms with Gasteiger partial charge < -0.3 is 15.3 Å². The van der Waals surface area contributed by atoms with Gasteiger partial charge in [-0.3, -0.25) is 4.79 Å². The summed E-state index contributed by atoms with van der Waals surface area (Å²) in [6.07, 6.45) is -1.66. The summed E-state index contributed by atoms with van der Waals surface area (Å²) < 4.78 is 39.9. The van der Waals surface area contributed by atoms with E-state index in [1.165, 1.54) is 19.1 Å². The molecule has 4 rings (SSSR count). The number of amides is 1. The Balaban J connectivity index is 1.47. The van der Waals surface area contributed by atoms with Crippen LogP contribution < -0.4 is 10.2 Å². The summed E-state index contributed by atoms with van der Waals surface area (Å²) in [5.74, 6) is -0.105. The van der Waals surface area contributed by atoms with Gasteiger partial charge in [0.2, 0.25) is 0 Å². The van der Waals surface area contributed by atoms with E-state index in [1.807, 2.05) is 12.1 Å². The van der Waals surface area contributed by atoms with E-state index in [4.69, 9.17) is 10.5 Å². The summed E-state index contributed by atoms with van der Waals surface area (Å²) in [6.45, 7) is 4.97. The summed E-state index contributed by atoms with van der Waals surface area (Å²) in [4.78, 5) is 15.2. The Bertz CT molecular complexity index is 1300. The Labute approximate surface area is 213 Å². The summed E-state index contributed by atoms with van der Waals surface area (Å²) in [6, 6.07) is 14.0. The first-order valence-electron chi connectivity index (χ1n) is 12.0. The number of hydrogen-bond donors (Lipinski definition) is 2. The molecule has 0 aromatic heterocycles. The molecule has 2 N–H and O–H groups in total. The lowest BCUT2D eigenvalue weighted by Gasteiger charge is -2.31. The molecule has 1 heterocycles. The number of alkyl halides is 3. The molecule has 1 aliphatic heterocycles. The fourth-order valence-corrected chi connectivity index (χ4v) is 5.00. The van der Waals surface area contributed by atoms with E-state index < -0.39 is 28.8 Å². The van der Waals surface area contributed by atoms with Crippen molar-refractivity contribution < 1.29 is 23.1 Å². The van der Waals surface area contributed by atoms with Crippen LogP contribution >= 0.6 is 0 Å². The van der Waals surface area contributed by atoms with Crippen molar-refractivity contribution in [2.75, 3.05) is 23.3 Å². The molecule has 0 spiro atoms. The molecule has 37 heavy (non-hydrogen) atoms. The Morgan fingerprint density at radius 2 is 1.84 bits per heavy atom. The molecule has 3 unspecified atom stereocenters. The third-order valence-corrected chi connectivity index (χ3v) is 6.96. The summed E-state index contributed by atoms with van der Waals surface area (Å²) in [5.41, 5.74) is -1.03. The maximum Gasteiger partial charge on any atom is 0.417 e. The lowest BCUT2D eigenvalue weighted by Crippen LogP contribution is -2.41. The number of nitrogens with zero attached hydrogens (tertiary/aromatic N) is 3. The van der Waals surface area contributed by atoms with Crippen LogP contribution in [-0.4, -0.2) is 29.7 Å². The Kier molecular flexibility index (Phi) is 7.03. The third-order valence-electron chi connectivity index (χ3n) is 6.96. The van der Waals surface area contributed by atoms with Gasteiger partial charge in [0.25, 0.3) is 5.91 Å². The second-order valence-electron chi connectivity index (χ2n) is 10.2. The van der Waals surface area contributed by atoms with Gasteiger partial charge in [-0.2, -0.15) is 23.7 Å². The van der Waals surface area contributed by atoms with Gasteiger partial charge in [-0.1, -0.05) is 18.6 Å². The van der Waals surface area contributed by atoms with E-state index in [2.05, 4.69) is 29.3 Å². The first-order valence-corrected chi connectivity index (χ1v) is 12.0. The first kappa shape index (κ1) is 26.2. The maximum absolute atomic E-state index is 13.3. The molecule has 9 heteroatoms. The minimum absolute atomic E-state index is 0.0730. The van der Waals surface area contributed by atoms with E-state index in [0.29, 0.717) is 17.5 Å². The lowest BCUT2D eigenvalue weighted by atomic mass is 9.89. The number of benzene rings is 2. The number of rotatable bonds is 5. The van der Waals surface area contributed by atoms with Crippen LogP contribution in [0.4, 0.5) is 24.5 Å². The largest absolute Gasteiger partial charge is 0.417 e. The van der Waals surface area contributed by atoms with Gasteiger partial charge in [0.05, 0.1) is 28.8 Å². The van der Waals surface area contributed by atoms with E-state index in [-0.39, 0.29) is 23.9 Å². The van der Waals surface area contributed by atoms with Crippen LogP contribution in [0.5, 0.6) is 0 Å². The Morgan fingerprint density at radius 3 is 2.46 bits per heavy atom. The zero-order valence-electron chi connectivity index (χ0n) is 20.5. The summed E-state index contributed by atoms with van der Waals surface area (Å²) in [5, 5.41) is 31.4. The number of halogens is 3. The van der Waals surface area contributed by atoms with Crippen molar-refractivity contribution in [3.63, 3.8) is 0 Å². The van der Waals surface area contributed by atoms with Crippen molar-refractivity contribution in [1.29, 1.82) is 10.5 Å². The average molecular weight is 509 g/mol. The van der Waals surface area contributed by atoms with E-state index in [1.54, 1.807) is 12.1 Å². The number of fused-ring (bicyclic) bond motifs is 1. The molecule has 1 fully saturated rings. The molecule has 1 amide bonds. The molecule has 0 bridgehead atoms. The number of carbonyl (C=O) groups is 1. The van der Waals surface area contributed by atoms with Crippen molar-refractivity contribution in [3.05, 3.63) is 70.8 Å². The molecule has 2 aliphatic rings. The van der Waals surface area contributed by atoms with Crippen molar-refractivity contribution in [1.82, 2.24) is 0 Å². The van der Waals surface area contributed by atoms with Crippen LogP contribution in [0.1, 0.15) is 43.4 Å². The summed E-state index contributed by atoms with van der Waals surface area (Å²) in [7, 11) is 0. The number of carbonyl (C=O) groups excluding carboxylic acids is 1. The van der Waals surface area contributed by atoms with Crippen molar-refractivity contribution in [3.8, 4) is 12.1 Å². The highest BCUT2D eigenvalue weighted by Crippen LogP contribution is 2.49. The van der Waals surface area contributed by atoms with Gasteiger partial charge in [0.15, 0.2) is 0 Å². The molecular weight excluding hydrogens is 481 g/mol. The smallest absolute Gasteiger partial charge is 0.380 e. The summed E-state index contributed by atoms with van der Waals surface area (Å²) >= 11 is 0. The van der Waals surface area contributed by atoms with Crippen molar-refractivity contribution in [2.45, 2.75) is 38.5 Å². The highest BCUT2D eigenvalue weighted by atomic mass is 19.4. The van der Waals surface area contributed by atoms with Crippen LogP contribution in [0.3, 0.4) is 0 Å². The van der Waals surface area contributed by atoms with E-state index in [0.717, 1.165) is 36.8 Å². The Morgan fingerprint density at radius 1 is 1.14 bits per heavy atom. The first-order chi connectivity index (χ1) is 17.4. The predicted molar refractivity (Wildman–Crippen MR) is 132 cm³/mol. The average Bonchev–Trinajstić information content (AvgIpc) is 3.60. The molecule has 4 atom stereocenters. The zero-order chi connectivity index (χ0) is 27.0. The van der Waals surface area contributed by atoms with Crippen molar-refractivity contribution in [2.24, 2.45) is 17.8 Å². The quantitative estimate of drug-likeness (QED) is 0.538. The van der Waals surface area contributed by atoms with Gasteiger partial charge >= 0.3 is 6.18 Å². The van der Waals surface area contributed by atoms with Crippen LogP contribution in [0.2, 0.25) is 0 Å². The number of anilines is 2. The minimum Gasteiger partial charge on any atom is -0.380 e. The predicted octanol–water partition coefficient (Wildman–Crippen LogP) is 5.25. The fourth-order valence-electron chi connectivity index (χ4n) is 5.00. The monoisotopic (exact) mass is 508 g/mol. The topological polar surface area (TPSA) is 100 Å². The van der Waals surface area contributed by atoms with E-state index >= 15 is 0 Å². The van der Waals surface area contributed by atoms with Crippen LogP contribution in [0.25, 0.3) is 0 Å². The highest BCUT2D eigenvalue weighted by molar-refractivity contribution is 5.97. The number of nitrogens with one attached hydrogen (secondary N) is 1. The second-order valence-corrected chi connectivity index (χ2v) is 10.2. The van der Waals surface area contributed by atoms with Crippen LogP contribution in [-0.2, 0) is 11.0 Å². The lowest BCUT2D eigenvalue weighted by molar-refractivity contribution is -0.138. The second kappa shape index (κ2) is 9.91. The van der Waals surface area contributed by atoms with Crippen molar-refractivity contribution >= 4 is 17.3 Å². The molecule has 0 radical (unpaired) electrons. The number of hydrogen-bond acceptors (Lipinski definition) is 5. The zero-order valence-corrected chi connectivity index (χ0v) is 20.5. The molecule has 1 aliphatic carbocycles. The standard InChI is InChI=1S/C28H27F3N4O2/c1-17-9-20(24-10-21(24)16-35(15-17)23-7-3-18(13-32)4-8-23)12-27(2,37)26(36)34-22-6-5-19(14-33)25(11-22)28(29,30)31/h3-9,11,17,21,24,37H,10,12,15-16H2,1-2H3,(H,34,36)/b20-9-/t17?,21?,24-,27?/m1/s1. The van der Waals surface area contributed by atoms with Gasteiger partial charge in [0, 0.05) is 30.9 Å². The number of nitriles is 2. The molecule has 2 aromatic carbocycles.